The summed E-state index contributed by atoms with van der Waals surface area (Å²) in [6.07, 6.45) is 0. The molecule has 10 heteroatoms. The van der Waals surface area contributed by atoms with Crippen LogP contribution in [0.4, 0.5) is 18.9 Å². The van der Waals surface area contributed by atoms with Crippen LogP contribution in [0.2, 0.25) is 0 Å². The summed E-state index contributed by atoms with van der Waals surface area (Å²) in [5.74, 6) is -7.12. The van der Waals surface area contributed by atoms with Crippen LogP contribution in [0.5, 0.6) is 0 Å². The highest BCUT2D eigenvalue weighted by Crippen LogP contribution is 2.35. The quantitative estimate of drug-likeness (QED) is 0.508. The number of alkyl halides is 2. The van der Waals surface area contributed by atoms with Crippen molar-refractivity contribution in [2.75, 3.05) is 6.61 Å². The Hall–Kier alpha value is -1.87. The van der Waals surface area contributed by atoms with Crippen LogP contribution >= 0.6 is 12.4 Å². The summed E-state index contributed by atoms with van der Waals surface area (Å²) in [5.41, 5.74) is 3.60. The zero-order valence-electron chi connectivity index (χ0n) is 10.7. The molecule has 0 aliphatic heterocycles. The average molecular weight is 329 g/mol. The number of rotatable bonds is 5. The van der Waals surface area contributed by atoms with Gasteiger partial charge in [0.1, 0.15) is 11.9 Å². The molecule has 0 aliphatic rings. The van der Waals surface area contributed by atoms with Crippen molar-refractivity contribution in [3.8, 4) is 0 Å². The van der Waals surface area contributed by atoms with Crippen molar-refractivity contribution in [1.29, 1.82) is 0 Å². The van der Waals surface area contributed by atoms with E-state index in [0.29, 0.717) is 12.1 Å². The van der Waals surface area contributed by atoms with Crippen molar-refractivity contribution < 1.29 is 27.6 Å². The number of carbonyl (C=O) groups excluding carboxylic acids is 1. The van der Waals surface area contributed by atoms with Crippen molar-refractivity contribution in [3.05, 3.63) is 39.7 Å². The van der Waals surface area contributed by atoms with E-state index in [2.05, 4.69) is 4.74 Å². The van der Waals surface area contributed by atoms with Gasteiger partial charge < -0.3 is 10.5 Å². The number of benzene rings is 1. The third kappa shape index (κ3) is 4.05. The first-order chi connectivity index (χ1) is 9.21. The van der Waals surface area contributed by atoms with Crippen LogP contribution in [0.3, 0.4) is 0 Å². The van der Waals surface area contributed by atoms with Gasteiger partial charge in [-0.3, -0.25) is 10.1 Å². The van der Waals surface area contributed by atoms with E-state index >= 15 is 0 Å². The minimum absolute atomic E-state index is 0. The van der Waals surface area contributed by atoms with Crippen LogP contribution in [0.25, 0.3) is 0 Å². The maximum Gasteiger partial charge on any atom is 0.379 e. The van der Waals surface area contributed by atoms with Gasteiger partial charge in [0.15, 0.2) is 0 Å². The maximum atomic E-state index is 13.7. The molecule has 1 rings (SSSR count). The summed E-state index contributed by atoms with van der Waals surface area (Å²) < 4.78 is 44.6. The molecule has 1 aromatic rings. The Morgan fingerprint density at radius 1 is 1.52 bits per heavy atom. The summed E-state index contributed by atoms with van der Waals surface area (Å²) in [6, 6.07) is -0.462. The van der Waals surface area contributed by atoms with Gasteiger partial charge in [0.25, 0.3) is 5.69 Å². The average Bonchev–Trinajstić information content (AvgIpc) is 2.37. The number of nitrogens with zero attached hydrogens (tertiary/aromatic N) is 1. The highest BCUT2D eigenvalue weighted by atomic mass is 35.5. The van der Waals surface area contributed by atoms with Crippen molar-refractivity contribution in [3.63, 3.8) is 0 Å². The Kier molecular flexibility index (Phi) is 6.58. The molecule has 0 unspecified atom stereocenters. The lowest BCUT2D eigenvalue weighted by molar-refractivity contribution is -0.386. The number of hydrogen-bond acceptors (Lipinski definition) is 5. The van der Waals surface area contributed by atoms with Gasteiger partial charge in [0, 0.05) is 6.07 Å². The fraction of sp³-hybridized carbons (Fsp3) is 0.364. The van der Waals surface area contributed by atoms with Gasteiger partial charge in [-0.2, -0.15) is 8.78 Å². The van der Waals surface area contributed by atoms with Gasteiger partial charge in [-0.25, -0.2) is 9.18 Å². The van der Waals surface area contributed by atoms with E-state index in [-0.39, 0.29) is 19.0 Å². The number of ether oxygens (including phenoxy) is 1. The lowest BCUT2D eigenvalue weighted by Crippen LogP contribution is -2.42. The van der Waals surface area contributed by atoms with E-state index in [9.17, 15) is 28.1 Å². The number of hydrogen-bond donors (Lipinski definition) is 1. The molecule has 0 radical (unpaired) electrons. The van der Waals surface area contributed by atoms with Gasteiger partial charge >= 0.3 is 11.9 Å². The predicted molar refractivity (Wildman–Crippen MR) is 68.8 cm³/mol. The van der Waals surface area contributed by atoms with E-state index in [1.165, 1.54) is 6.92 Å². The van der Waals surface area contributed by atoms with Gasteiger partial charge in [-0.15, -0.1) is 12.4 Å². The van der Waals surface area contributed by atoms with Gasteiger partial charge in [0.05, 0.1) is 17.1 Å². The van der Waals surface area contributed by atoms with Crippen molar-refractivity contribution in [2.45, 2.75) is 18.9 Å². The predicted octanol–water partition coefficient (Wildman–Crippen LogP) is 2.35. The molecule has 6 nitrogen and oxygen atoms in total. The molecule has 0 saturated carbocycles. The van der Waals surface area contributed by atoms with Crippen molar-refractivity contribution >= 4 is 24.1 Å². The topological polar surface area (TPSA) is 95.5 Å². The van der Waals surface area contributed by atoms with Crippen LogP contribution in [-0.4, -0.2) is 23.4 Å². The molecule has 2 N–H and O–H groups in total. The summed E-state index contributed by atoms with van der Waals surface area (Å²) in [4.78, 5) is 20.9. The standard InChI is InChI=1S/C11H11F3N2O4.ClH/c1-2-20-10(17)11(13,14)9(15)7-5-6(12)3-4-8(7)16(18)19;/h3-5,9H,2,15H2,1H3;1H/t9-;/m1./s1. The van der Waals surface area contributed by atoms with Crippen LogP contribution in [0.15, 0.2) is 18.2 Å². The molecule has 0 amide bonds. The van der Waals surface area contributed by atoms with Crippen LogP contribution in [0.1, 0.15) is 18.5 Å². The SMILES string of the molecule is CCOC(=O)C(F)(F)[C@H](N)c1cc(F)ccc1[N+](=O)[O-].Cl. The molecule has 118 valence electrons. The number of carbonyl (C=O) groups is 1. The minimum Gasteiger partial charge on any atom is -0.462 e. The van der Waals surface area contributed by atoms with E-state index in [0.717, 1.165) is 6.07 Å². The van der Waals surface area contributed by atoms with Crippen LogP contribution in [0, 0.1) is 15.9 Å². The zero-order chi connectivity index (χ0) is 15.5. The Balaban J connectivity index is 0.00000400. The third-order valence-electron chi connectivity index (χ3n) is 2.46. The van der Waals surface area contributed by atoms with Gasteiger partial charge in [0.2, 0.25) is 0 Å². The van der Waals surface area contributed by atoms with Gasteiger partial charge in [-0.1, -0.05) is 0 Å². The second kappa shape index (κ2) is 7.23. The minimum atomic E-state index is -4.21. The Morgan fingerprint density at radius 2 is 2.10 bits per heavy atom. The Bertz CT molecular complexity index is 542. The first-order valence-corrected chi connectivity index (χ1v) is 5.46. The number of halogens is 4. The smallest absolute Gasteiger partial charge is 0.379 e. The molecule has 21 heavy (non-hydrogen) atoms. The normalized spacial score (nSPS) is 12.2. The first-order valence-electron chi connectivity index (χ1n) is 5.46. The summed E-state index contributed by atoms with van der Waals surface area (Å²) in [5, 5.41) is 10.7. The summed E-state index contributed by atoms with van der Waals surface area (Å²) >= 11 is 0. The second-order valence-corrected chi connectivity index (χ2v) is 3.78. The van der Waals surface area contributed by atoms with E-state index in [4.69, 9.17) is 5.73 Å². The maximum absolute atomic E-state index is 13.7. The van der Waals surface area contributed by atoms with E-state index in [1.807, 2.05) is 0 Å². The van der Waals surface area contributed by atoms with Crippen LogP contribution in [-0.2, 0) is 9.53 Å². The largest absolute Gasteiger partial charge is 0.462 e. The summed E-state index contributed by atoms with van der Waals surface area (Å²) in [7, 11) is 0. The highest BCUT2D eigenvalue weighted by Gasteiger charge is 2.49. The first kappa shape index (κ1) is 19.1. The number of nitrogens with two attached hydrogens (primary N) is 1. The number of nitro groups is 1. The second-order valence-electron chi connectivity index (χ2n) is 3.78. The molecule has 1 atom stereocenters. The molecular formula is C11H12ClF3N2O4. The molecule has 0 fully saturated rings. The Morgan fingerprint density at radius 3 is 2.57 bits per heavy atom. The zero-order valence-corrected chi connectivity index (χ0v) is 11.5. The summed E-state index contributed by atoms with van der Waals surface area (Å²) in [6.45, 7) is 0.997. The van der Waals surface area contributed by atoms with Gasteiger partial charge in [-0.05, 0) is 19.1 Å². The monoisotopic (exact) mass is 328 g/mol. The third-order valence-corrected chi connectivity index (χ3v) is 2.46. The van der Waals surface area contributed by atoms with Crippen molar-refractivity contribution in [1.82, 2.24) is 0 Å². The molecule has 1 aromatic carbocycles. The fourth-order valence-corrected chi connectivity index (χ4v) is 1.49. The molecule has 0 bridgehead atoms. The Labute approximate surface area is 123 Å². The molecule has 0 saturated heterocycles. The molecule has 0 heterocycles. The van der Waals surface area contributed by atoms with E-state index in [1.54, 1.807) is 0 Å². The van der Waals surface area contributed by atoms with E-state index < -0.39 is 39.9 Å². The molecular weight excluding hydrogens is 317 g/mol. The van der Waals surface area contributed by atoms with Crippen molar-refractivity contribution in [2.24, 2.45) is 5.73 Å². The number of nitro benzene ring substituents is 1. The number of esters is 1. The fourth-order valence-electron chi connectivity index (χ4n) is 1.49. The lowest BCUT2D eigenvalue weighted by Gasteiger charge is -2.21. The molecule has 0 spiro atoms. The van der Waals surface area contributed by atoms with Crippen LogP contribution < -0.4 is 5.73 Å². The highest BCUT2D eigenvalue weighted by molar-refractivity contribution is 5.85. The molecule has 0 aliphatic carbocycles. The lowest BCUT2D eigenvalue weighted by atomic mass is 9.99. The molecule has 0 aromatic heterocycles.